The summed E-state index contributed by atoms with van der Waals surface area (Å²) in [6.45, 7) is 0.433. The molecule has 0 fully saturated rings. The van der Waals surface area contributed by atoms with Gasteiger partial charge in [-0.25, -0.2) is 4.84 Å². The van der Waals surface area contributed by atoms with Crippen molar-refractivity contribution in [1.29, 1.82) is 0 Å². The standard InChI is InChI=1S/C19H17NO2/c1-4-10-17(11-5-1)16-21-20(18-12-6-2-7-13-18)22-19-14-8-3-9-15-19/h1-15H,16H2. The summed E-state index contributed by atoms with van der Waals surface area (Å²) in [5, 5.41) is 1.45. The summed E-state index contributed by atoms with van der Waals surface area (Å²) in [4.78, 5) is 11.7. The molecule has 0 radical (unpaired) electrons. The van der Waals surface area contributed by atoms with Crippen LogP contribution in [0.2, 0.25) is 0 Å². The number of rotatable bonds is 6. The third-order valence-electron chi connectivity index (χ3n) is 3.09. The minimum Gasteiger partial charge on any atom is -0.354 e. The minimum atomic E-state index is 0.433. The zero-order valence-corrected chi connectivity index (χ0v) is 12.1. The van der Waals surface area contributed by atoms with E-state index in [9.17, 15) is 0 Å². The Balaban J connectivity index is 1.74. The molecule has 0 aliphatic heterocycles. The van der Waals surface area contributed by atoms with Crippen molar-refractivity contribution in [2.24, 2.45) is 0 Å². The first-order valence-corrected chi connectivity index (χ1v) is 7.17. The molecular formula is C19H17NO2. The molecule has 0 aliphatic carbocycles. The van der Waals surface area contributed by atoms with Crippen molar-refractivity contribution in [1.82, 2.24) is 0 Å². The van der Waals surface area contributed by atoms with Gasteiger partial charge in [0.05, 0.1) is 0 Å². The average Bonchev–Trinajstić information content (AvgIpc) is 2.61. The molecule has 0 spiro atoms. The Morgan fingerprint density at radius 2 is 1.18 bits per heavy atom. The molecule has 22 heavy (non-hydrogen) atoms. The Morgan fingerprint density at radius 3 is 1.82 bits per heavy atom. The largest absolute Gasteiger partial charge is 0.354 e. The summed E-state index contributed by atoms with van der Waals surface area (Å²) >= 11 is 0. The van der Waals surface area contributed by atoms with Gasteiger partial charge in [-0.1, -0.05) is 72.0 Å². The lowest BCUT2D eigenvalue weighted by atomic mass is 10.2. The number of para-hydroxylation sites is 2. The van der Waals surface area contributed by atoms with Gasteiger partial charge in [-0.2, -0.15) is 0 Å². The minimum absolute atomic E-state index is 0.433. The maximum absolute atomic E-state index is 5.83. The molecule has 0 unspecified atom stereocenters. The van der Waals surface area contributed by atoms with E-state index in [0.29, 0.717) is 6.61 Å². The van der Waals surface area contributed by atoms with Gasteiger partial charge in [0.2, 0.25) is 0 Å². The van der Waals surface area contributed by atoms with Crippen LogP contribution in [0, 0.1) is 0 Å². The number of hydrogen-bond donors (Lipinski definition) is 0. The maximum atomic E-state index is 5.83. The van der Waals surface area contributed by atoms with E-state index in [1.54, 1.807) is 0 Å². The molecule has 0 aromatic heterocycles. The fraction of sp³-hybridized carbons (Fsp3) is 0.0526. The summed E-state index contributed by atoms with van der Waals surface area (Å²) in [7, 11) is 0. The van der Waals surface area contributed by atoms with Crippen LogP contribution in [0.3, 0.4) is 0 Å². The summed E-state index contributed by atoms with van der Waals surface area (Å²) in [6, 6.07) is 29.3. The molecule has 0 aliphatic rings. The van der Waals surface area contributed by atoms with Crippen LogP contribution >= 0.6 is 0 Å². The van der Waals surface area contributed by atoms with Gasteiger partial charge in [-0.3, -0.25) is 0 Å². The summed E-state index contributed by atoms with van der Waals surface area (Å²) in [5.41, 5.74) is 1.92. The third kappa shape index (κ3) is 3.87. The lowest BCUT2D eigenvalue weighted by Gasteiger charge is -2.23. The molecule has 3 rings (SSSR count). The van der Waals surface area contributed by atoms with E-state index in [-0.39, 0.29) is 0 Å². The maximum Gasteiger partial charge on any atom is 0.158 e. The Bertz CT molecular complexity index is 672. The third-order valence-corrected chi connectivity index (χ3v) is 3.09. The lowest BCUT2D eigenvalue weighted by molar-refractivity contribution is -0.0333. The van der Waals surface area contributed by atoms with Crippen molar-refractivity contribution in [3.05, 3.63) is 96.6 Å². The SMILES string of the molecule is c1ccc(CON(Oc2ccccc2)c2ccccc2)cc1. The first kappa shape index (κ1) is 14.2. The molecule has 0 N–H and O–H groups in total. The molecule has 3 aromatic rings. The number of anilines is 1. The number of hydrogen-bond acceptors (Lipinski definition) is 3. The van der Waals surface area contributed by atoms with Crippen molar-refractivity contribution >= 4 is 5.69 Å². The Morgan fingerprint density at radius 1 is 0.636 bits per heavy atom. The molecule has 3 nitrogen and oxygen atoms in total. The van der Waals surface area contributed by atoms with Crippen molar-refractivity contribution in [3.8, 4) is 5.75 Å². The highest BCUT2D eigenvalue weighted by atomic mass is 16.9. The fourth-order valence-electron chi connectivity index (χ4n) is 1.99. The van der Waals surface area contributed by atoms with Crippen LogP contribution in [-0.2, 0) is 11.4 Å². The zero-order chi connectivity index (χ0) is 15.0. The predicted molar refractivity (Wildman–Crippen MR) is 87.2 cm³/mol. The summed E-state index contributed by atoms with van der Waals surface area (Å²) < 4.78 is 0. The highest BCUT2D eigenvalue weighted by Crippen LogP contribution is 2.19. The van der Waals surface area contributed by atoms with E-state index in [1.807, 2.05) is 91.0 Å². The van der Waals surface area contributed by atoms with E-state index >= 15 is 0 Å². The monoisotopic (exact) mass is 291 g/mol. The molecule has 0 saturated carbocycles. The molecule has 0 atom stereocenters. The van der Waals surface area contributed by atoms with E-state index in [2.05, 4.69) is 0 Å². The summed E-state index contributed by atoms with van der Waals surface area (Å²) in [5.74, 6) is 0.722. The van der Waals surface area contributed by atoms with Gasteiger partial charge in [-0.15, -0.1) is 0 Å². The second-order valence-corrected chi connectivity index (χ2v) is 4.76. The first-order chi connectivity index (χ1) is 10.9. The van der Waals surface area contributed by atoms with Crippen LogP contribution in [0.15, 0.2) is 91.0 Å². The first-order valence-electron chi connectivity index (χ1n) is 7.17. The molecule has 0 amide bonds. The second kappa shape index (κ2) is 7.29. The van der Waals surface area contributed by atoms with Gasteiger partial charge in [0.25, 0.3) is 0 Å². The van der Waals surface area contributed by atoms with Gasteiger partial charge in [0.1, 0.15) is 12.3 Å². The highest BCUT2D eigenvalue weighted by Gasteiger charge is 2.09. The zero-order valence-electron chi connectivity index (χ0n) is 12.1. The molecule has 0 saturated heterocycles. The average molecular weight is 291 g/mol. The van der Waals surface area contributed by atoms with E-state index in [4.69, 9.17) is 9.68 Å². The molecule has 3 aromatic carbocycles. The van der Waals surface area contributed by atoms with Crippen LogP contribution in [-0.4, -0.2) is 0 Å². The smallest absolute Gasteiger partial charge is 0.158 e. The Kier molecular flexibility index (Phi) is 4.70. The van der Waals surface area contributed by atoms with Crippen molar-refractivity contribution in [2.45, 2.75) is 6.61 Å². The van der Waals surface area contributed by atoms with Crippen molar-refractivity contribution in [3.63, 3.8) is 0 Å². The molecule has 0 heterocycles. The molecule has 110 valence electrons. The summed E-state index contributed by atoms with van der Waals surface area (Å²) in [6.07, 6.45) is 0. The number of benzene rings is 3. The van der Waals surface area contributed by atoms with Gasteiger partial charge in [0.15, 0.2) is 5.75 Å². The predicted octanol–water partition coefficient (Wildman–Crippen LogP) is 4.62. The van der Waals surface area contributed by atoms with Crippen LogP contribution < -0.4 is 10.1 Å². The van der Waals surface area contributed by atoms with E-state index in [0.717, 1.165) is 17.0 Å². The Hall–Kier alpha value is -2.78. The van der Waals surface area contributed by atoms with E-state index < -0.39 is 0 Å². The van der Waals surface area contributed by atoms with Crippen molar-refractivity contribution < 1.29 is 9.68 Å². The quantitative estimate of drug-likeness (QED) is 0.619. The van der Waals surface area contributed by atoms with Crippen LogP contribution in [0.25, 0.3) is 0 Å². The molecular weight excluding hydrogens is 274 g/mol. The molecule has 0 bridgehead atoms. The topological polar surface area (TPSA) is 21.7 Å². The normalized spacial score (nSPS) is 10.2. The van der Waals surface area contributed by atoms with Gasteiger partial charge in [-0.05, 0) is 29.8 Å². The lowest BCUT2D eigenvalue weighted by Crippen LogP contribution is -2.27. The Labute approximate surface area is 130 Å². The van der Waals surface area contributed by atoms with Crippen LogP contribution in [0.5, 0.6) is 5.75 Å². The van der Waals surface area contributed by atoms with Crippen LogP contribution in [0.1, 0.15) is 5.56 Å². The highest BCUT2D eigenvalue weighted by molar-refractivity contribution is 5.42. The van der Waals surface area contributed by atoms with Crippen LogP contribution in [0.4, 0.5) is 5.69 Å². The second-order valence-electron chi connectivity index (χ2n) is 4.76. The van der Waals surface area contributed by atoms with Gasteiger partial charge >= 0.3 is 0 Å². The van der Waals surface area contributed by atoms with Crippen molar-refractivity contribution in [2.75, 3.05) is 5.23 Å². The van der Waals surface area contributed by atoms with Gasteiger partial charge in [0, 0.05) is 0 Å². The number of nitrogens with zero attached hydrogens (tertiary/aromatic N) is 1. The molecule has 3 heteroatoms. The van der Waals surface area contributed by atoms with E-state index in [1.165, 1.54) is 5.23 Å². The fourth-order valence-corrected chi connectivity index (χ4v) is 1.99. The van der Waals surface area contributed by atoms with Gasteiger partial charge < -0.3 is 4.84 Å².